The Hall–Kier alpha value is -0.610. The molecule has 1 aromatic heterocycles. The number of aryl methyl sites for hydroxylation is 1. The van der Waals surface area contributed by atoms with E-state index in [0.29, 0.717) is 5.25 Å². The van der Waals surface area contributed by atoms with E-state index >= 15 is 0 Å². The van der Waals surface area contributed by atoms with Gasteiger partial charge < -0.3 is 5.32 Å². The largest absolute Gasteiger partial charge is 0.308 e. The highest BCUT2D eigenvalue weighted by atomic mass is 32.2. The molecule has 4 heteroatoms. The first-order chi connectivity index (χ1) is 8.67. The molecule has 1 aromatic rings. The normalized spacial score (nSPS) is 16.8. The molecule has 2 rings (SSSR count). The second-order valence-electron chi connectivity index (χ2n) is 5.10. The van der Waals surface area contributed by atoms with Crippen LogP contribution in [-0.4, -0.2) is 21.3 Å². The van der Waals surface area contributed by atoms with Crippen LogP contribution in [0.25, 0.3) is 0 Å². The lowest BCUT2D eigenvalue weighted by Crippen LogP contribution is -2.17. The molecular weight excluding hydrogens is 242 g/mol. The van der Waals surface area contributed by atoms with Gasteiger partial charge in [0.2, 0.25) is 0 Å². The van der Waals surface area contributed by atoms with Gasteiger partial charge in [-0.3, -0.25) is 0 Å². The predicted octanol–water partition coefficient (Wildman–Crippen LogP) is 3.07. The van der Waals surface area contributed by atoms with Crippen LogP contribution in [0.2, 0.25) is 0 Å². The van der Waals surface area contributed by atoms with Crippen molar-refractivity contribution in [2.75, 3.05) is 0 Å². The number of hydrogen-bond donors (Lipinski definition) is 1. The third kappa shape index (κ3) is 4.58. The lowest BCUT2D eigenvalue weighted by Gasteiger charge is -2.09. The number of nitrogens with zero attached hydrogens (tertiary/aromatic N) is 2. The fourth-order valence-electron chi connectivity index (χ4n) is 1.73. The zero-order valence-electron chi connectivity index (χ0n) is 11.6. The molecule has 0 radical (unpaired) electrons. The van der Waals surface area contributed by atoms with Crippen LogP contribution in [-0.2, 0) is 12.3 Å². The maximum atomic E-state index is 4.65. The molecule has 1 unspecified atom stereocenters. The number of nitrogens with one attached hydrogen (secondary N) is 1. The van der Waals surface area contributed by atoms with Crippen LogP contribution in [0, 0.1) is 6.92 Å². The summed E-state index contributed by atoms with van der Waals surface area (Å²) in [4.78, 5) is 9.17. The molecule has 0 aromatic carbocycles. The highest BCUT2D eigenvalue weighted by Crippen LogP contribution is 2.20. The van der Waals surface area contributed by atoms with Gasteiger partial charge in [0.15, 0.2) is 0 Å². The summed E-state index contributed by atoms with van der Waals surface area (Å²) >= 11 is 1.94. The van der Waals surface area contributed by atoms with E-state index in [9.17, 15) is 0 Å². The standard InChI is InChI=1S/C14H23N3S/c1-4-11(3)18-9-14-16-10(2)7-13(17-14)8-15-12-5-6-12/h7,11-12,15H,4-6,8-9H2,1-3H3. The van der Waals surface area contributed by atoms with Gasteiger partial charge in [0.25, 0.3) is 0 Å². The Kier molecular flexibility index (Phi) is 5.01. The maximum Gasteiger partial charge on any atom is 0.138 e. The van der Waals surface area contributed by atoms with Gasteiger partial charge in [0.1, 0.15) is 5.82 Å². The lowest BCUT2D eigenvalue weighted by molar-refractivity contribution is 0.668. The predicted molar refractivity (Wildman–Crippen MR) is 77.7 cm³/mol. The van der Waals surface area contributed by atoms with E-state index in [-0.39, 0.29) is 0 Å². The third-order valence-corrected chi connectivity index (χ3v) is 4.50. The lowest BCUT2D eigenvalue weighted by atomic mass is 10.3. The molecule has 1 heterocycles. The van der Waals surface area contributed by atoms with Crippen molar-refractivity contribution < 1.29 is 0 Å². The smallest absolute Gasteiger partial charge is 0.138 e. The molecule has 18 heavy (non-hydrogen) atoms. The van der Waals surface area contributed by atoms with Crippen LogP contribution in [0.1, 0.15) is 50.3 Å². The van der Waals surface area contributed by atoms with Gasteiger partial charge in [-0.15, -0.1) is 0 Å². The molecular formula is C14H23N3S. The first kappa shape index (κ1) is 13.8. The van der Waals surface area contributed by atoms with Crippen LogP contribution >= 0.6 is 11.8 Å². The fraction of sp³-hybridized carbons (Fsp3) is 0.714. The van der Waals surface area contributed by atoms with Crippen molar-refractivity contribution in [3.63, 3.8) is 0 Å². The van der Waals surface area contributed by atoms with Crippen molar-refractivity contribution in [3.8, 4) is 0 Å². The Labute approximate surface area is 114 Å². The van der Waals surface area contributed by atoms with Crippen LogP contribution in [0.15, 0.2) is 6.07 Å². The Morgan fingerprint density at radius 1 is 1.44 bits per heavy atom. The van der Waals surface area contributed by atoms with E-state index < -0.39 is 0 Å². The maximum absolute atomic E-state index is 4.65. The topological polar surface area (TPSA) is 37.8 Å². The van der Waals surface area contributed by atoms with Crippen LogP contribution < -0.4 is 5.32 Å². The molecule has 1 aliphatic rings. The number of thioether (sulfide) groups is 1. The van der Waals surface area contributed by atoms with Gasteiger partial charge in [0.05, 0.1) is 11.4 Å². The minimum Gasteiger partial charge on any atom is -0.308 e. The zero-order chi connectivity index (χ0) is 13.0. The monoisotopic (exact) mass is 265 g/mol. The zero-order valence-corrected chi connectivity index (χ0v) is 12.4. The first-order valence-corrected chi connectivity index (χ1v) is 7.90. The van der Waals surface area contributed by atoms with E-state index in [1.165, 1.54) is 19.3 Å². The summed E-state index contributed by atoms with van der Waals surface area (Å²) in [5, 5.41) is 4.19. The average molecular weight is 265 g/mol. The van der Waals surface area contributed by atoms with Crippen molar-refractivity contribution in [1.82, 2.24) is 15.3 Å². The van der Waals surface area contributed by atoms with Crippen molar-refractivity contribution >= 4 is 11.8 Å². The molecule has 3 nitrogen and oxygen atoms in total. The molecule has 1 aliphatic carbocycles. The summed E-state index contributed by atoms with van der Waals surface area (Å²) in [7, 11) is 0. The number of rotatable bonds is 7. The quantitative estimate of drug-likeness (QED) is 0.822. The third-order valence-electron chi connectivity index (χ3n) is 3.17. The molecule has 1 fully saturated rings. The van der Waals surface area contributed by atoms with Crippen molar-refractivity contribution in [2.45, 2.75) is 63.6 Å². The Balaban J connectivity index is 1.91. The second kappa shape index (κ2) is 6.53. The average Bonchev–Trinajstić information content (AvgIpc) is 3.17. The molecule has 1 saturated carbocycles. The van der Waals surface area contributed by atoms with Crippen LogP contribution in [0.4, 0.5) is 0 Å². The molecule has 0 saturated heterocycles. The summed E-state index contributed by atoms with van der Waals surface area (Å²) in [5.74, 6) is 1.90. The Morgan fingerprint density at radius 2 is 2.22 bits per heavy atom. The minimum atomic E-state index is 0.683. The summed E-state index contributed by atoms with van der Waals surface area (Å²) in [6, 6.07) is 2.82. The SMILES string of the molecule is CCC(C)SCc1nc(C)cc(CNC2CC2)n1. The molecule has 100 valence electrons. The molecule has 1 atom stereocenters. The van der Waals surface area contributed by atoms with Gasteiger partial charge in [-0.1, -0.05) is 13.8 Å². The Morgan fingerprint density at radius 3 is 2.89 bits per heavy atom. The van der Waals surface area contributed by atoms with Crippen molar-refractivity contribution in [3.05, 3.63) is 23.3 Å². The van der Waals surface area contributed by atoms with E-state index in [1.807, 2.05) is 11.8 Å². The van der Waals surface area contributed by atoms with Gasteiger partial charge in [-0.2, -0.15) is 11.8 Å². The van der Waals surface area contributed by atoms with Crippen LogP contribution in [0.3, 0.4) is 0 Å². The van der Waals surface area contributed by atoms with E-state index in [1.54, 1.807) is 0 Å². The molecule has 0 amide bonds. The van der Waals surface area contributed by atoms with E-state index in [4.69, 9.17) is 0 Å². The molecule has 0 aliphatic heterocycles. The molecule has 0 spiro atoms. The minimum absolute atomic E-state index is 0.683. The highest BCUT2D eigenvalue weighted by molar-refractivity contribution is 7.99. The summed E-state index contributed by atoms with van der Waals surface area (Å²) in [6.07, 6.45) is 3.84. The highest BCUT2D eigenvalue weighted by Gasteiger charge is 2.20. The molecule has 1 N–H and O–H groups in total. The van der Waals surface area contributed by atoms with Gasteiger partial charge in [-0.05, 0) is 32.3 Å². The molecule has 0 bridgehead atoms. The number of aromatic nitrogens is 2. The van der Waals surface area contributed by atoms with Crippen LogP contribution in [0.5, 0.6) is 0 Å². The van der Waals surface area contributed by atoms with Crippen molar-refractivity contribution in [2.24, 2.45) is 0 Å². The van der Waals surface area contributed by atoms with Gasteiger partial charge in [0, 0.05) is 23.5 Å². The Bertz CT molecular complexity index is 391. The number of hydrogen-bond acceptors (Lipinski definition) is 4. The summed E-state index contributed by atoms with van der Waals surface area (Å²) in [5.41, 5.74) is 2.21. The van der Waals surface area contributed by atoms with Gasteiger partial charge >= 0.3 is 0 Å². The summed E-state index contributed by atoms with van der Waals surface area (Å²) in [6.45, 7) is 7.42. The first-order valence-electron chi connectivity index (χ1n) is 6.85. The summed E-state index contributed by atoms with van der Waals surface area (Å²) < 4.78 is 0. The van der Waals surface area contributed by atoms with Crippen molar-refractivity contribution in [1.29, 1.82) is 0 Å². The van der Waals surface area contributed by atoms with E-state index in [0.717, 1.165) is 35.6 Å². The fourth-order valence-corrected chi connectivity index (χ4v) is 2.52. The van der Waals surface area contributed by atoms with E-state index in [2.05, 4.69) is 42.1 Å². The van der Waals surface area contributed by atoms with Gasteiger partial charge in [-0.25, -0.2) is 9.97 Å². The second-order valence-corrected chi connectivity index (χ2v) is 6.53.